The van der Waals surface area contributed by atoms with E-state index in [-0.39, 0.29) is 22.9 Å². The molecule has 0 unspecified atom stereocenters. The van der Waals surface area contributed by atoms with Crippen molar-refractivity contribution < 1.29 is 20.1 Å². The lowest BCUT2D eigenvalue weighted by atomic mass is 10.3. The van der Waals surface area contributed by atoms with Crippen LogP contribution in [0, 0.1) is 13.8 Å². The minimum atomic E-state index is -1.16. The summed E-state index contributed by atoms with van der Waals surface area (Å²) < 4.78 is 5.37. The largest absolute Gasteiger partial charge is 0.476 e. The first-order valence-electron chi connectivity index (χ1n) is 5.24. The third kappa shape index (κ3) is 3.46. The van der Waals surface area contributed by atoms with Gasteiger partial charge < -0.3 is 15.3 Å². The van der Waals surface area contributed by atoms with Crippen LogP contribution in [0.1, 0.15) is 21.9 Å². The summed E-state index contributed by atoms with van der Waals surface area (Å²) in [6, 6.07) is 5.01. The van der Waals surface area contributed by atoms with Crippen LogP contribution in [0.4, 0.5) is 0 Å². The number of carboxylic acid groups (broad SMARTS) is 1. The SMILES string of the molecule is Cc1cc(C)nc(Oc2cccnc2C(=O)O)n1.O. The zero-order valence-electron chi connectivity index (χ0n) is 10.4. The maximum atomic E-state index is 11.0. The minimum absolute atomic E-state index is 0. The van der Waals surface area contributed by atoms with E-state index in [2.05, 4.69) is 15.0 Å². The van der Waals surface area contributed by atoms with Crippen molar-refractivity contribution in [3.8, 4) is 11.8 Å². The number of pyridine rings is 1. The molecule has 2 aromatic heterocycles. The zero-order chi connectivity index (χ0) is 13.1. The third-order valence-corrected chi connectivity index (χ3v) is 2.14. The smallest absolute Gasteiger partial charge is 0.358 e. The topological polar surface area (TPSA) is 117 Å². The predicted molar refractivity (Wildman–Crippen MR) is 66.4 cm³/mol. The zero-order valence-corrected chi connectivity index (χ0v) is 10.4. The van der Waals surface area contributed by atoms with E-state index >= 15 is 0 Å². The Labute approximate surface area is 109 Å². The van der Waals surface area contributed by atoms with Crippen LogP contribution < -0.4 is 4.74 Å². The van der Waals surface area contributed by atoms with Crippen LogP contribution in [0.25, 0.3) is 0 Å². The number of hydrogen-bond donors (Lipinski definition) is 1. The number of carbonyl (C=O) groups is 1. The van der Waals surface area contributed by atoms with E-state index in [1.165, 1.54) is 12.3 Å². The first kappa shape index (κ1) is 14.5. The molecule has 7 nitrogen and oxygen atoms in total. The number of ether oxygens (including phenoxy) is 1. The Kier molecular flexibility index (Phi) is 4.49. The highest BCUT2D eigenvalue weighted by Gasteiger charge is 2.14. The van der Waals surface area contributed by atoms with Gasteiger partial charge in [0, 0.05) is 17.6 Å². The van der Waals surface area contributed by atoms with Crippen LogP contribution in [-0.4, -0.2) is 31.5 Å². The van der Waals surface area contributed by atoms with Gasteiger partial charge in [-0.25, -0.2) is 19.7 Å². The van der Waals surface area contributed by atoms with E-state index in [0.717, 1.165) is 11.4 Å². The van der Waals surface area contributed by atoms with Gasteiger partial charge in [-0.2, -0.15) is 0 Å². The van der Waals surface area contributed by atoms with Crippen LogP contribution in [0.5, 0.6) is 11.8 Å². The molecule has 0 saturated carbocycles. The van der Waals surface area contributed by atoms with Gasteiger partial charge in [0.05, 0.1) is 0 Å². The van der Waals surface area contributed by atoms with Gasteiger partial charge >= 0.3 is 12.0 Å². The van der Waals surface area contributed by atoms with Crippen LogP contribution >= 0.6 is 0 Å². The summed E-state index contributed by atoms with van der Waals surface area (Å²) in [5.74, 6) is -1.04. The van der Waals surface area contributed by atoms with E-state index in [1.807, 2.05) is 13.8 Å². The molecular formula is C12H13N3O4. The molecule has 2 rings (SSSR count). The number of nitrogens with zero attached hydrogens (tertiary/aromatic N) is 3. The Bertz CT molecular complexity index is 581. The van der Waals surface area contributed by atoms with Gasteiger partial charge in [0.1, 0.15) is 0 Å². The Hall–Kier alpha value is -2.54. The average molecular weight is 263 g/mol. The monoisotopic (exact) mass is 263 g/mol. The van der Waals surface area contributed by atoms with Crippen LogP contribution in [0.3, 0.4) is 0 Å². The molecule has 0 saturated heterocycles. The lowest BCUT2D eigenvalue weighted by Crippen LogP contribution is -2.04. The van der Waals surface area contributed by atoms with Crippen molar-refractivity contribution in [3.63, 3.8) is 0 Å². The first-order valence-corrected chi connectivity index (χ1v) is 5.24. The van der Waals surface area contributed by atoms with Crippen molar-refractivity contribution >= 4 is 5.97 Å². The molecule has 0 bridgehead atoms. The van der Waals surface area contributed by atoms with Gasteiger partial charge in [-0.1, -0.05) is 0 Å². The molecule has 0 radical (unpaired) electrons. The summed E-state index contributed by atoms with van der Waals surface area (Å²) in [7, 11) is 0. The van der Waals surface area contributed by atoms with Crippen molar-refractivity contribution in [1.82, 2.24) is 15.0 Å². The molecule has 0 fully saturated rings. The Morgan fingerprint density at radius 2 is 1.89 bits per heavy atom. The molecule has 0 aliphatic heterocycles. The highest BCUT2D eigenvalue weighted by Crippen LogP contribution is 2.21. The minimum Gasteiger partial charge on any atom is -0.476 e. The second kappa shape index (κ2) is 5.87. The number of rotatable bonds is 3. The van der Waals surface area contributed by atoms with Gasteiger partial charge in [-0.15, -0.1) is 0 Å². The van der Waals surface area contributed by atoms with Gasteiger partial charge in [0.15, 0.2) is 11.4 Å². The summed E-state index contributed by atoms with van der Waals surface area (Å²) >= 11 is 0. The molecule has 0 aliphatic carbocycles. The number of hydrogen-bond acceptors (Lipinski definition) is 5. The summed E-state index contributed by atoms with van der Waals surface area (Å²) in [4.78, 5) is 22.9. The molecule has 7 heteroatoms. The quantitative estimate of drug-likeness (QED) is 0.887. The molecule has 2 heterocycles. The fourth-order valence-electron chi connectivity index (χ4n) is 1.47. The first-order chi connectivity index (χ1) is 8.56. The molecule has 3 N–H and O–H groups in total. The van der Waals surface area contributed by atoms with Crippen LogP contribution in [-0.2, 0) is 0 Å². The van der Waals surface area contributed by atoms with Gasteiger partial charge in [-0.3, -0.25) is 0 Å². The molecule has 2 aromatic rings. The summed E-state index contributed by atoms with van der Waals surface area (Å²) in [6.45, 7) is 3.62. The summed E-state index contributed by atoms with van der Waals surface area (Å²) in [6.07, 6.45) is 1.39. The van der Waals surface area contributed by atoms with Crippen LogP contribution in [0.2, 0.25) is 0 Å². The molecule has 19 heavy (non-hydrogen) atoms. The van der Waals surface area contributed by atoms with Crippen molar-refractivity contribution in [2.24, 2.45) is 0 Å². The second-order valence-corrected chi connectivity index (χ2v) is 3.69. The molecule has 0 spiro atoms. The molecule has 0 aromatic carbocycles. The number of aryl methyl sites for hydroxylation is 2. The fourth-order valence-corrected chi connectivity index (χ4v) is 1.47. The molecule has 100 valence electrons. The standard InChI is InChI=1S/C12H11N3O3.H2O/c1-7-6-8(2)15-12(14-7)18-9-4-3-5-13-10(9)11(16)17;/h3-6H,1-2H3,(H,16,17);1H2. The Morgan fingerprint density at radius 3 is 2.47 bits per heavy atom. The normalized spacial score (nSPS) is 9.58. The lowest BCUT2D eigenvalue weighted by Gasteiger charge is -2.07. The third-order valence-electron chi connectivity index (χ3n) is 2.14. The maximum Gasteiger partial charge on any atom is 0.358 e. The Balaban J connectivity index is 0.00000180. The average Bonchev–Trinajstić information content (AvgIpc) is 2.27. The molecule has 0 amide bonds. The van der Waals surface area contributed by atoms with Crippen molar-refractivity contribution in [1.29, 1.82) is 0 Å². The van der Waals surface area contributed by atoms with E-state index in [0.29, 0.717) is 0 Å². The Morgan fingerprint density at radius 1 is 1.26 bits per heavy atom. The van der Waals surface area contributed by atoms with E-state index in [4.69, 9.17) is 9.84 Å². The summed E-state index contributed by atoms with van der Waals surface area (Å²) in [5, 5.41) is 8.97. The molecule has 0 atom stereocenters. The highest BCUT2D eigenvalue weighted by atomic mass is 16.5. The lowest BCUT2D eigenvalue weighted by molar-refractivity contribution is 0.0687. The molecular weight excluding hydrogens is 250 g/mol. The van der Waals surface area contributed by atoms with Crippen molar-refractivity contribution in [2.45, 2.75) is 13.8 Å². The van der Waals surface area contributed by atoms with Crippen molar-refractivity contribution in [3.05, 3.63) is 41.5 Å². The van der Waals surface area contributed by atoms with Gasteiger partial charge in [-0.05, 0) is 32.0 Å². The number of aromatic carboxylic acids is 1. The van der Waals surface area contributed by atoms with E-state index < -0.39 is 5.97 Å². The number of carboxylic acids is 1. The van der Waals surface area contributed by atoms with Crippen LogP contribution in [0.15, 0.2) is 24.4 Å². The van der Waals surface area contributed by atoms with E-state index in [1.54, 1.807) is 12.1 Å². The maximum absolute atomic E-state index is 11.0. The fraction of sp³-hybridized carbons (Fsp3) is 0.167. The second-order valence-electron chi connectivity index (χ2n) is 3.69. The van der Waals surface area contributed by atoms with Crippen molar-refractivity contribution in [2.75, 3.05) is 0 Å². The van der Waals surface area contributed by atoms with E-state index in [9.17, 15) is 4.79 Å². The highest BCUT2D eigenvalue weighted by molar-refractivity contribution is 5.88. The van der Waals surface area contributed by atoms with Gasteiger partial charge in [0.25, 0.3) is 0 Å². The van der Waals surface area contributed by atoms with Gasteiger partial charge in [0.2, 0.25) is 0 Å². The predicted octanol–water partition coefficient (Wildman–Crippen LogP) is 1.15. The molecule has 0 aliphatic rings. The number of aromatic nitrogens is 3. The summed E-state index contributed by atoms with van der Waals surface area (Å²) in [5.41, 5.74) is 1.33.